The Morgan fingerprint density at radius 3 is 2.57 bits per heavy atom. The maximum Gasteiger partial charge on any atom is 0.315 e. The van der Waals surface area contributed by atoms with Crippen LogP contribution in [0.1, 0.15) is 24.1 Å². The Morgan fingerprint density at radius 1 is 1.19 bits per heavy atom. The molecule has 0 spiro atoms. The SMILES string of the molecule is CC(NC(=O)NCc1ccccc1Cl)c1ccccc1Br. The highest BCUT2D eigenvalue weighted by molar-refractivity contribution is 9.10. The summed E-state index contributed by atoms with van der Waals surface area (Å²) in [6.07, 6.45) is 0. The fourth-order valence-electron chi connectivity index (χ4n) is 1.97. The number of benzene rings is 2. The fraction of sp³-hybridized carbons (Fsp3) is 0.188. The van der Waals surface area contributed by atoms with Crippen LogP contribution in [-0.4, -0.2) is 6.03 Å². The summed E-state index contributed by atoms with van der Waals surface area (Å²) in [5.74, 6) is 0. The lowest BCUT2D eigenvalue weighted by atomic mass is 10.1. The molecule has 2 amide bonds. The topological polar surface area (TPSA) is 41.1 Å². The minimum Gasteiger partial charge on any atom is -0.334 e. The van der Waals surface area contributed by atoms with Gasteiger partial charge in [-0.15, -0.1) is 0 Å². The minimum absolute atomic E-state index is 0.0909. The number of rotatable bonds is 4. The molecule has 2 rings (SSSR count). The average molecular weight is 368 g/mol. The van der Waals surface area contributed by atoms with Crippen molar-refractivity contribution in [1.29, 1.82) is 0 Å². The van der Waals surface area contributed by atoms with E-state index in [-0.39, 0.29) is 12.1 Å². The van der Waals surface area contributed by atoms with E-state index in [4.69, 9.17) is 11.6 Å². The first-order valence-corrected chi connectivity index (χ1v) is 7.77. The molecule has 0 aliphatic heterocycles. The van der Waals surface area contributed by atoms with Crippen molar-refractivity contribution in [2.45, 2.75) is 19.5 Å². The zero-order valence-corrected chi connectivity index (χ0v) is 13.9. The Labute approximate surface area is 137 Å². The van der Waals surface area contributed by atoms with Gasteiger partial charge < -0.3 is 10.6 Å². The van der Waals surface area contributed by atoms with Crippen LogP contribution in [0.4, 0.5) is 4.79 Å². The molecular formula is C16H16BrClN2O. The molecule has 110 valence electrons. The lowest BCUT2D eigenvalue weighted by molar-refractivity contribution is 0.237. The Kier molecular flexibility index (Phi) is 5.65. The number of urea groups is 1. The van der Waals surface area contributed by atoms with Crippen molar-refractivity contribution in [3.8, 4) is 0 Å². The predicted molar refractivity (Wildman–Crippen MR) is 89.4 cm³/mol. The van der Waals surface area contributed by atoms with E-state index < -0.39 is 0 Å². The summed E-state index contributed by atoms with van der Waals surface area (Å²) < 4.78 is 0.976. The molecule has 0 saturated heterocycles. The van der Waals surface area contributed by atoms with Crippen LogP contribution in [0.15, 0.2) is 53.0 Å². The molecule has 21 heavy (non-hydrogen) atoms. The number of amides is 2. The molecule has 0 heterocycles. The van der Waals surface area contributed by atoms with Crippen LogP contribution in [0, 0.1) is 0 Å². The number of hydrogen-bond donors (Lipinski definition) is 2. The van der Waals surface area contributed by atoms with Gasteiger partial charge in [-0.2, -0.15) is 0 Å². The van der Waals surface area contributed by atoms with E-state index in [1.54, 1.807) is 6.07 Å². The van der Waals surface area contributed by atoms with Crippen LogP contribution in [0.5, 0.6) is 0 Å². The van der Waals surface area contributed by atoms with E-state index >= 15 is 0 Å². The van der Waals surface area contributed by atoms with Gasteiger partial charge in [-0.05, 0) is 30.2 Å². The summed E-state index contributed by atoms with van der Waals surface area (Å²) >= 11 is 9.54. The molecule has 5 heteroatoms. The van der Waals surface area contributed by atoms with Crippen LogP contribution in [-0.2, 0) is 6.54 Å². The van der Waals surface area contributed by atoms with Gasteiger partial charge in [-0.1, -0.05) is 63.9 Å². The van der Waals surface area contributed by atoms with Gasteiger partial charge in [-0.25, -0.2) is 4.79 Å². The van der Waals surface area contributed by atoms with Gasteiger partial charge in [0.05, 0.1) is 6.04 Å². The summed E-state index contributed by atoms with van der Waals surface area (Å²) in [7, 11) is 0. The van der Waals surface area contributed by atoms with Gasteiger partial charge in [0, 0.05) is 16.0 Å². The first-order valence-electron chi connectivity index (χ1n) is 6.60. The lowest BCUT2D eigenvalue weighted by Crippen LogP contribution is -2.36. The molecule has 0 bridgehead atoms. The fourth-order valence-corrected chi connectivity index (χ4v) is 2.80. The summed E-state index contributed by atoms with van der Waals surface area (Å²) in [6, 6.07) is 15.0. The maximum atomic E-state index is 11.9. The molecule has 0 radical (unpaired) electrons. The Hall–Kier alpha value is -1.52. The molecular weight excluding hydrogens is 352 g/mol. The van der Waals surface area contributed by atoms with Crippen molar-refractivity contribution in [3.63, 3.8) is 0 Å². The Morgan fingerprint density at radius 2 is 1.86 bits per heavy atom. The van der Waals surface area contributed by atoms with E-state index in [9.17, 15) is 4.79 Å². The minimum atomic E-state index is -0.224. The van der Waals surface area contributed by atoms with E-state index in [2.05, 4.69) is 26.6 Å². The standard InChI is InChI=1S/C16H16BrClN2O/c1-11(13-7-3-4-8-14(13)17)20-16(21)19-10-12-6-2-5-9-15(12)18/h2-9,11H,10H2,1H3,(H2,19,20,21). The van der Waals surface area contributed by atoms with Crippen LogP contribution in [0.2, 0.25) is 5.02 Å². The molecule has 1 atom stereocenters. The van der Waals surface area contributed by atoms with Crippen molar-refractivity contribution in [2.75, 3.05) is 0 Å². The average Bonchev–Trinajstić information content (AvgIpc) is 2.46. The van der Waals surface area contributed by atoms with E-state index in [0.717, 1.165) is 15.6 Å². The molecule has 0 aliphatic carbocycles. The van der Waals surface area contributed by atoms with Crippen molar-refractivity contribution >= 4 is 33.6 Å². The smallest absolute Gasteiger partial charge is 0.315 e. The normalized spacial score (nSPS) is 11.8. The highest BCUT2D eigenvalue weighted by Crippen LogP contribution is 2.22. The van der Waals surface area contributed by atoms with Crippen LogP contribution in [0.25, 0.3) is 0 Å². The molecule has 0 aliphatic rings. The van der Waals surface area contributed by atoms with Crippen molar-refractivity contribution in [3.05, 3.63) is 69.2 Å². The third-order valence-corrected chi connectivity index (χ3v) is 4.21. The Bertz CT molecular complexity index is 633. The van der Waals surface area contributed by atoms with Crippen molar-refractivity contribution in [2.24, 2.45) is 0 Å². The lowest BCUT2D eigenvalue weighted by Gasteiger charge is -2.16. The molecule has 0 aromatic heterocycles. The van der Waals surface area contributed by atoms with E-state index in [0.29, 0.717) is 11.6 Å². The van der Waals surface area contributed by atoms with Crippen LogP contribution < -0.4 is 10.6 Å². The highest BCUT2D eigenvalue weighted by Gasteiger charge is 2.11. The Balaban J connectivity index is 1.90. The largest absolute Gasteiger partial charge is 0.334 e. The number of carbonyl (C=O) groups excluding carboxylic acids is 1. The number of halogens is 2. The number of hydrogen-bond acceptors (Lipinski definition) is 1. The maximum absolute atomic E-state index is 11.9. The van der Waals surface area contributed by atoms with Gasteiger partial charge in [-0.3, -0.25) is 0 Å². The summed E-state index contributed by atoms with van der Waals surface area (Å²) in [4.78, 5) is 11.9. The summed E-state index contributed by atoms with van der Waals surface area (Å²) in [5.41, 5.74) is 1.92. The second-order valence-corrected chi connectivity index (χ2v) is 5.92. The van der Waals surface area contributed by atoms with Crippen LogP contribution >= 0.6 is 27.5 Å². The monoisotopic (exact) mass is 366 g/mol. The first-order chi connectivity index (χ1) is 10.1. The third kappa shape index (κ3) is 4.48. The first kappa shape index (κ1) is 15.9. The second-order valence-electron chi connectivity index (χ2n) is 4.66. The second kappa shape index (κ2) is 7.48. The zero-order chi connectivity index (χ0) is 15.2. The number of nitrogens with one attached hydrogen (secondary N) is 2. The summed E-state index contributed by atoms with van der Waals surface area (Å²) in [6.45, 7) is 2.34. The van der Waals surface area contributed by atoms with Gasteiger partial charge in [0.25, 0.3) is 0 Å². The van der Waals surface area contributed by atoms with Gasteiger partial charge >= 0.3 is 6.03 Å². The van der Waals surface area contributed by atoms with Crippen molar-refractivity contribution in [1.82, 2.24) is 10.6 Å². The molecule has 1 unspecified atom stereocenters. The van der Waals surface area contributed by atoms with Gasteiger partial charge in [0.2, 0.25) is 0 Å². The molecule has 2 aromatic rings. The molecule has 0 saturated carbocycles. The molecule has 3 nitrogen and oxygen atoms in total. The number of carbonyl (C=O) groups is 1. The van der Waals surface area contributed by atoms with E-state index in [1.807, 2.05) is 49.4 Å². The van der Waals surface area contributed by atoms with E-state index in [1.165, 1.54) is 0 Å². The molecule has 0 fully saturated rings. The summed E-state index contributed by atoms with van der Waals surface area (Å²) in [5, 5.41) is 6.36. The predicted octanol–water partition coefficient (Wildman–Crippen LogP) is 4.66. The molecule has 2 N–H and O–H groups in total. The highest BCUT2D eigenvalue weighted by atomic mass is 79.9. The van der Waals surface area contributed by atoms with Crippen LogP contribution in [0.3, 0.4) is 0 Å². The zero-order valence-electron chi connectivity index (χ0n) is 11.6. The quantitative estimate of drug-likeness (QED) is 0.810. The van der Waals surface area contributed by atoms with Crippen molar-refractivity contribution < 1.29 is 4.79 Å². The van der Waals surface area contributed by atoms with Gasteiger partial charge in [0.1, 0.15) is 0 Å². The molecule has 2 aromatic carbocycles. The third-order valence-electron chi connectivity index (χ3n) is 3.12. The van der Waals surface area contributed by atoms with Gasteiger partial charge in [0.15, 0.2) is 0 Å².